The Hall–Kier alpha value is -0.0400. The Labute approximate surface area is 95.0 Å². The molecule has 2 saturated carbocycles. The van der Waals surface area contributed by atoms with Gasteiger partial charge in [-0.1, -0.05) is 19.8 Å². The molecular weight excluding hydrogens is 182 g/mol. The van der Waals surface area contributed by atoms with Crippen LogP contribution in [0.2, 0.25) is 0 Å². The highest BCUT2D eigenvalue weighted by molar-refractivity contribution is 4.83. The van der Waals surface area contributed by atoms with E-state index in [0.29, 0.717) is 0 Å². The summed E-state index contributed by atoms with van der Waals surface area (Å²) in [4.78, 5) is 0. The number of rotatable bonds is 3. The highest BCUT2D eigenvalue weighted by atomic mass is 15.0. The molecule has 2 fully saturated rings. The summed E-state index contributed by atoms with van der Waals surface area (Å²) in [5.41, 5.74) is 0. The van der Waals surface area contributed by atoms with Crippen LogP contribution in [-0.4, -0.2) is 12.1 Å². The summed E-state index contributed by atoms with van der Waals surface area (Å²) in [7, 11) is 0. The van der Waals surface area contributed by atoms with E-state index in [4.69, 9.17) is 0 Å². The predicted octanol–water partition coefficient (Wildman–Crippen LogP) is 3.73. The first-order valence-corrected chi connectivity index (χ1v) is 7.01. The van der Waals surface area contributed by atoms with Gasteiger partial charge >= 0.3 is 0 Å². The van der Waals surface area contributed by atoms with Crippen LogP contribution in [0.1, 0.15) is 65.2 Å². The van der Waals surface area contributed by atoms with Gasteiger partial charge in [-0.2, -0.15) is 0 Å². The molecule has 1 N–H and O–H groups in total. The van der Waals surface area contributed by atoms with Gasteiger partial charge in [-0.25, -0.2) is 0 Å². The number of hydrogen-bond donors (Lipinski definition) is 1. The van der Waals surface area contributed by atoms with Gasteiger partial charge in [0, 0.05) is 12.1 Å². The fraction of sp³-hybridized carbons (Fsp3) is 1.00. The van der Waals surface area contributed by atoms with Gasteiger partial charge in [0.1, 0.15) is 0 Å². The van der Waals surface area contributed by atoms with Crippen molar-refractivity contribution >= 4 is 0 Å². The second-order valence-electron chi connectivity index (χ2n) is 5.96. The molecule has 0 spiro atoms. The summed E-state index contributed by atoms with van der Waals surface area (Å²) < 4.78 is 0. The topological polar surface area (TPSA) is 12.0 Å². The summed E-state index contributed by atoms with van der Waals surface area (Å²) in [6.45, 7) is 4.81. The van der Waals surface area contributed by atoms with E-state index in [1.54, 1.807) is 0 Å². The molecule has 0 bridgehead atoms. The lowest BCUT2D eigenvalue weighted by molar-refractivity contribution is 0.261. The largest absolute Gasteiger partial charge is 0.311 e. The van der Waals surface area contributed by atoms with Crippen LogP contribution in [0.3, 0.4) is 0 Å². The van der Waals surface area contributed by atoms with Gasteiger partial charge in [-0.15, -0.1) is 0 Å². The van der Waals surface area contributed by atoms with E-state index in [2.05, 4.69) is 19.2 Å². The second-order valence-corrected chi connectivity index (χ2v) is 5.96. The first-order chi connectivity index (χ1) is 7.25. The lowest BCUT2D eigenvalue weighted by atomic mass is 9.86. The lowest BCUT2D eigenvalue weighted by Gasteiger charge is -2.31. The van der Waals surface area contributed by atoms with Gasteiger partial charge in [0.25, 0.3) is 0 Å². The first kappa shape index (κ1) is 11.4. The lowest BCUT2D eigenvalue weighted by Crippen LogP contribution is -2.42. The Bertz CT molecular complexity index is 176. The first-order valence-electron chi connectivity index (χ1n) is 7.01. The van der Waals surface area contributed by atoms with Crippen molar-refractivity contribution in [1.29, 1.82) is 0 Å². The van der Waals surface area contributed by atoms with Crippen molar-refractivity contribution in [2.45, 2.75) is 77.3 Å². The third kappa shape index (κ3) is 3.21. The minimum absolute atomic E-state index is 0.769. The van der Waals surface area contributed by atoms with E-state index in [9.17, 15) is 0 Å². The molecule has 0 radical (unpaired) electrons. The van der Waals surface area contributed by atoms with Gasteiger partial charge in [-0.3, -0.25) is 0 Å². The number of hydrogen-bond acceptors (Lipinski definition) is 1. The maximum absolute atomic E-state index is 3.88. The van der Waals surface area contributed by atoms with Crippen molar-refractivity contribution in [1.82, 2.24) is 5.32 Å². The third-order valence-electron chi connectivity index (χ3n) is 4.62. The highest BCUT2D eigenvalue weighted by Gasteiger charge is 2.25. The average molecular weight is 209 g/mol. The number of nitrogens with one attached hydrogen (secondary N) is 1. The molecule has 88 valence electrons. The molecule has 2 aliphatic rings. The molecule has 2 aliphatic carbocycles. The highest BCUT2D eigenvalue weighted by Crippen LogP contribution is 2.29. The van der Waals surface area contributed by atoms with E-state index < -0.39 is 0 Å². The van der Waals surface area contributed by atoms with Crippen molar-refractivity contribution in [3.8, 4) is 0 Å². The molecule has 15 heavy (non-hydrogen) atoms. The van der Waals surface area contributed by atoms with Crippen molar-refractivity contribution in [2.75, 3.05) is 0 Å². The van der Waals surface area contributed by atoms with Crippen molar-refractivity contribution in [3.63, 3.8) is 0 Å². The van der Waals surface area contributed by atoms with Crippen molar-refractivity contribution < 1.29 is 0 Å². The monoisotopic (exact) mass is 209 g/mol. The molecule has 1 heteroatoms. The summed E-state index contributed by atoms with van der Waals surface area (Å²) in [5.74, 6) is 1.95. The van der Waals surface area contributed by atoms with Crippen LogP contribution in [0.5, 0.6) is 0 Å². The zero-order valence-corrected chi connectivity index (χ0v) is 10.5. The van der Waals surface area contributed by atoms with Gasteiger partial charge < -0.3 is 5.32 Å². The van der Waals surface area contributed by atoms with Crippen molar-refractivity contribution in [2.24, 2.45) is 11.8 Å². The van der Waals surface area contributed by atoms with Crippen LogP contribution in [0.25, 0.3) is 0 Å². The Balaban J connectivity index is 1.71. The zero-order chi connectivity index (χ0) is 10.7. The van der Waals surface area contributed by atoms with Crippen LogP contribution in [0, 0.1) is 11.8 Å². The average Bonchev–Trinajstić information content (AvgIpc) is 2.74. The quantitative estimate of drug-likeness (QED) is 0.747. The maximum atomic E-state index is 3.88. The van der Waals surface area contributed by atoms with E-state index >= 15 is 0 Å². The van der Waals surface area contributed by atoms with E-state index in [-0.39, 0.29) is 0 Å². The molecular formula is C14H27N. The fourth-order valence-corrected chi connectivity index (χ4v) is 3.39. The zero-order valence-electron chi connectivity index (χ0n) is 10.5. The molecule has 0 aliphatic heterocycles. The summed E-state index contributed by atoms with van der Waals surface area (Å²) in [6.07, 6.45) is 11.6. The van der Waals surface area contributed by atoms with E-state index in [0.717, 1.165) is 23.9 Å². The van der Waals surface area contributed by atoms with Gasteiger partial charge in [-0.05, 0) is 57.3 Å². The molecule has 0 unspecified atom stereocenters. The Morgan fingerprint density at radius 3 is 2.13 bits per heavy atom. The minimum Gasteiger partial charge on any atom is -0.311 e. The molecule has 0 aromatic heterocycles. The van der Waals surface area contributed by atoms with Crippen LogP contribution >= 0.6 is 0 Å². The summed E-state index contributed by atoms with van der Waals surface area (Å²) in [6, 6.07) is 1.60. The Morgan fingerprint density at radius 2 is 1.53 bits per heavy atom. The van der Waals surface area contributed by atoms with E-state index in [1.807, 2.05) is 0 Å². The Kier molecular flexibility index (Phi) is 4.07. The third-order valence-corrected chi connectivity index (χ3v) is 4.62. The molecule has 0 heterocycles. The molecule has 0 aromatic rings. The minimum atomic E-state index is 0.769. The molecule has 0 amide bonds. The van der Waals surface area contributed by atoms with Gasteiger partial charge in [0.15, 0.2) is 0 Å². The smallest absolute Gasteiger partial charge is 0.00698 e. The van der Waals surface area contributed by atoms with Crippen LogP contribution < -0.4 is 5.32 Å². The molecule has 0 aromatic carbocycles. The normalized spacial score (nSPS) is 35.6. The van der Waals surface area contributed by atoms with Crippen LogP contribution in [0.4, 0.5) is 0 Å². The summed E-state index contributed by atoms with van der Waals surface area (Å²) >= 11 is 0. The summed E-state index contributed by atoms with van der Waals surface area (Å²) in [5, 5.41) is 3.88. The van der Waals surface area contributed by atoms with Crippen LogP contribution in [0.15, 0.2) is 0 Å². The fourth-order valence-electron chi connectivity index (χ4n) is 3.39. The van der Waals surface area contributed by atoms with Crippen molar-refractivity contribution in [3.05, 3.63) is 0 Å². The molecule has 1 nitrogen and oxygen atoms in total. The maximum Gasteiger partial charge on any atom is 0.00698 e. The predicted molar refractivity (Wildman–Crippen MR) is 66.0 cm³/mol. The van der Waals surface area contributed by atoms with E-state index in [1.165, 1.54) is 51.4 Å². The van der Waals surface area contributed by atoms with Crippen LogP contribution in [-0.2, 0) is 0 Å². The Morgan fingerprint density at radius 1 is 0.933 bits per heavy atom. The van der Waals surface area contributed by atoms with Gasteiger partial charge in [0.05, 0.1) is 0 Å². The molecule has 1 atom stereocenters. The second kappa shape index (κ2) is 5.34. The SMILES string of the molecule is CC1CCC(N[C@@H](C)C2CCCC2)CC1. The van der Waals surface area contributed by atoms with Gasteiger partial charge in [0.2, 0.25) is 0 Å². The molecule has 0 saturated heterocycles. The molecule has 2 rings (SSSR count). The standard InChI is InChI=1S/C14H27N/c1-11-7-9-14(10-8-11)15-12(2)13-5-3-4-6-13/h11-15H,3-10H2,1-2H3/t11?,12-,14?/m0/s1.